The Balaban J connectivity index is 1.40. The molecule has 1 saturated heterocycles. The molecule has 170 valence electrons. The number of hydrogen-bond acceptors (Lipinski definition) is 6. The fraction of sp³-hybridized carbons (Fsp3) is 0.524. The maximum absolute atomic E-state index is 12.2. The van der Waals surface area contributed by atoms with Crippen molar-refractivity contribution in [2.24, 2.45) is 4.99 Å². The van der Waals surface area contributed by atoms with E-state index in [9.17, 15) is 8.42 Å². The summed E-state index contributed by atoms with van der Waals surface area (Å²) in [5.41, 5.74) is 2.81. The van der Waals surface area contributed by atoms with Crippen molar-refractivity contribution in [3.63, 3.8) is 0 Å². The molecule has 1 unspecified atom stereocenters. The lowest BCUT2D eigenvalue weighted by atomic mass is 10.1. The van der Waals surface area contributed by atoms with Crippen LogP contribution >= 0.6 is 0 Å². The average molecular weight is 450 g/mol. The molecule has 0 amide bonds. The second-order valence-corrected chi connectivity index (χ2v) is 9.44. The average Bonchev–Trinajstić information content (AvgIpc) is 3.25. The summed E-state index contributed by atoms with van der Waals surface area (Å²) >= 11 is 0. The first-order valence-electron chi connectivity index (χ1n) is 10.5. The van der Waals surface area contributed by atoms with Crippen molar-refractivity contribution in [2.75, 3.05) is 32.5 Å². The molecule has 10 heteroatoms. The third kappa shape index (κ3) is 7.64. The number of aryl methyl sites for hydroxylation is 1. The predicted octanol–water partition coefficient (Wildman–Crippen LogP) is 1.80. The molecule has 1 aliphatic heterocycles. The summed E-state index contributed by atoms with van der Waals surface area (Å²) in [7, 11) is -1.76. The van der Waals surface area contributed by atoms with E-state index in [0.29, 0.717) is 31.5 Å². The van der Waals surface area contributed by atoms with Gasteiger partial charge in [0.15, 0.2) is 5.96 Å². The van der Waals surface area contributed by atoms with Gasteiger partial charge in [-0.15, -0.1) is 0 Å². The molecular formula is C21H31N5O4S. The smallest absolute Gasteiger partial charge is 0.226 e. The van der Waals surface area contributed by atoms with Crippen LogP contribution in [-0.2, 0) is 21.3 Å². The normalized spacial score (nSPS) is 17.5. The summed E-state index contributed by atoms with van der Waals surface area (Å²) in [4.78, 5) is 8.59. The third-order valence-corrected chi connectivity index (χ3v) is 6.33. The van der Waals surface area contributed by atoms with Gasteiger partial charge in [-0.3, -0.25) is 4.99 Å². The summed E-state index contributed by atoms with van der Waals surface area (Å²) < 4.78 is 38.1. The molecule has 0 bridgehead atoms. The number of guanidine groups is 1. The van der Waals surface area contributed by atoms with Crippen molar-refractivity contribution in [3.8, 4) is 11.5 Å². The highest BCUT2D eigenvalue weighted by Crippen LogP contribution is 2.19. The van der Waals surface area contributed by atoms with E-state index in [2.05, 4.69) is 25.3 Å². The number of oxazole rings is 1. The highest BCUT2D eigenvalue weighted by Gasteiger charge is 2.17. The van der Waals surface area contributed by atoms with E-state index in [1.165, 1.54) is 5.56 Å². The monoisotopic (exact) mass is 449 g/mol. The number of nitrogens with zero attached hydrogens (tertiary/aromatic N) is 2. The zero-order valence-corrected chi connectivity index (χ0v) is 18.9. The number of ether oxygens (including phenoxy) is 1. The molecule has 9 nitrogen and oxygen atoms in total. The number of aromatic nitrogens is 1. The molecule has 3 N–H and O–H groups in total. The predicted molar refractivity (Wildman–Crippen MR) is 120 cm³/mol. The van der Waals surface area contributed by atoms with Crippen LogP contribution in [0.1, 0.15) is 30.5 Å². The van der Waals surface area contributed by atoms with E-state index in [4.69, 9.17) is 9.15 Å². The van der Waals surface area contributed by atoms with E-state index in [1.807, 2.05) is 31.2 Å². The Morgan fingerprint density at radius 3 is 2.74 bits per heavy atom. The van der Waals surface area contributed by atoms with Gasteiger partial charge < -0.3 is 19.8 Å². The van der Waals surface area contributed by atoms with E-state index >= 15 is 0 Å². The van der Waals surface area contributed by atoms with Crippen LogP contribution in [0.25, 0.3) is 11.5 Å². The molecule has 3 rings (SSSR count). The molecule has 0 aliphatic carbocycles. The first-order chi connectivity index (χ1) is 14.9. The largest absolute Gasteiger partial charge is 0.444 e. The van der Waals surface area contributed by atoms with E-state index in [-0.39, 0.29) is 18.4 Å². The second kappa shape index (κ2) is 11.3. The molecule has 1 fully saturated rings. The number of nitrogens with one attached hydrogen (secondary N) is 3. The lowest BCUT2D eigenvalue weighted by molar-refractivity contribution is 0.0200. The van der Waals surface area contributed by atoms with Crippen molar-refractivity contribution < 1.29 is 17.6 Å². The molecule has 0 radical (unpaired) electrons. The molecule has 0 spiro atoms. The summed E-state index contributed by atoms with van der Waals surface area (Å²) in [5, 5.41) is 6.12. The Kier molecular flexibility index (Phi) is 8.44. The zero-order valence-electron chi connectivity index (χ0n) is 18.1. The molecule has 31 heavy (non-hydrogen) atoms. The van der Waals surface area contributed by atoms with Crippen molar-refractivity contribution in [1.29, 1.82) is 0 Å². The quantitative estimate of drug-likeness (QED) is 0.395. The topological polar surface area (TPSA) is 118 Å². The second-order valence-electron chi connectivity index (χ2n) is 7.52. The van der Waals surface area contributed by atoms with Gasteiger partial charge in [0.05, 0.1) is 24.1 Å². The van der Waals surface area contributed by atoms with Gasteiger partial charge in [0, 0.05) is 32.3 Å². The van der Waals surface area contributed by atoms with Gasteiger partial charge in [0.25, 0.3) is 0 Å². The van der Waals surface area contributed by atoms with Crippen molar-refractivity contribution in [3.05, 3.63) is 41.8 Å². The molecule has 1 atom stereocenters. The zero-order chi connectivity index (χ0) is 22.1. The highest BCUT2D eigenvalue weighted by molar-refractivity contribution is 7.89. The standard InChI is InChI=1S/C21H31N5O4S/c1-16-6-8-17(9-7-16)20-26-18(15-30-20)13-24-21(22-2)23-10-12-31(27,28)25-14-19-5-3-4-11-29-19/h6-9,15,19,25H,3-5,10-14H2,1-2H3,(H2,22,23,24). The van der Waals surface area contributed by atoms with Gasteiger partial charge in [-0.2, -0.15) is 0 Å². The fourth-order valence-electron chi connectivity index (χ4n) is 3.18. The van der Waals surface area contributed by atoms with Crippen LogP contribution in [0, 0.1) is 6.92 Å². The van der Waals surface area contributed by atoms with E-state index in [0.717, 1.165) is 30.5 Å². The highest BCUT2D eigenvalue weighted by atomic mass is 32.2. The Morgan fingerprint density at radius 2 is 2.03 bits per heavy atom. The van der Waals surface area contributed by atoms with Crippen LogP contribution in [0.4, 0.5) is 0 Å². The molecule has 1 aliphatic rings. The lowest BCUT2D eigenvalue weighted by Gasteiger charge is -2.22. The van der Waals surface area contributed by atoms with Gasteiger partial charge in [0.2, 0.25) is 15.9 Å². The SMILES string of the molecule is CN=C(NCCS(=O)(=O)NCC1CCCCO1)NCc1coc(-c2ccc(C)cc2)n1. The van der Waals surface area contributed by atoms with Gasteiger partial charge in [-0.25, -0.2) is 18.1 Å². The molecule has 1 aromatic heterocycles. The fourth-order valence-corrected chi connectivity index (χ4v) is 4.13. The van der Waals surface area contributed by atoms with Gasteiger partial charge in [-0.05, 0) is 38.3 Å². The summed E-state index contributed by atoms with van der Waals surface area (Å²) in [5.74, 6) is 0.992. The minimum atomic E-state index is -3.38. The van der Waals surface area contributed by atoms with Crippen molar-refractivity contribution in [2.45, 2.75) is 38.8 Å². The van der Waals surface area contributed by atoms with Crippen LogP contribution in [0.15, 0.2) is 39.9 Å². The summed E-state index contributed by atoms with van der Waals surface area (Å²) in [6.45, 7) is 3.69. The Bertz CT molecular complexity index is 950. The third-order valence-electron chi connectivity index (χ3n) is 4.98. The summed E-state index contributed by atoms with van der Waals surface area (Å²) in [6, 6.07) is 7.95. The van der Waals surface area contributed by atoms with Gasteiger partial charge >= 0.3 is 0 Å². The number of benzene rings is 1. The van der Waals surface area contributed by atoms with Crippen molar-refractivity contribution in [1.82, 2.24) is 20.3 Å². The molecule has 1 aromatic carbocycles. The van der Waals surface area contributed by atoms with Crippen LogP contribution < -0.4 is 15.4 Å². The number of aliphatic imine (C=N–C) groups is 1. The Morgan fingerprint density at radius 1 is 1.23 bits per heavy atom. The van der Waals surface area contributed by atoms with Crippen LogP contribution in [-0.4, -0.2) is 58.0 Å². The minimum absolute atomic E-state index is 0.0295. The maximum Gasteiger partial charge on any atom is 0.226 e. The molecule has 0 saturated carbocycles. The van der Waals surface area contributed by atoms with Gasteiger partial charge in [0.1, 0.15) is 6.26 Å². The first kappa shape index (κ1) is 23.2. The van der Waals surface area contributed by atoms with E-state index < -0.39 is 10.0 Å². The Hall–Kier alpha value is -2.43. The Labute approximate surface area is 183 Å². The van der Waals surface area contributed by atoms with Crippen molar-refractivity contribution >= 4 is 16.0 Å². The lowest BCUT2D eigenvalue weighted by Crippen LogP contribution is -2.42. The number of sulfonamides is 1. The minimum Gasteiger partial charge on any atom is -0.444 e. The maximum atomic E-state index is 12.2. The molecule has 2 aromatic rings. The molecular weight excluding hydrogens is 418 g/mol. The van der Waals surface area contributed by atoms with Crippen LogP contribution in [0.3, 0.4) is 0 Å². The first-order valence-corrected chi connectivity index (χ1v) is 12.2. The summed E-state index contributed by atoms with van der Waals surface area (Å²) in [6.07, 6.45) is 4.58. The van der Waals surface area contributed by atoms with Crippen LogP contribution in [0.2, 0.25) is 0 Å². The van der Waals surface area contributed by atoms with Crippen LogP contribution in [0.5, 0.6) is 0 Å². The number of hydrogen-bond donors (Lipinski definition) is 3. The number of rotatable bonds is 9. The van der Waals surface area contributed by atoms with Gasteiger partial charge in [-0.1, -0.05) is 17.7 Å². The van der Waals surface area contributed by atoms with E-state index in [1.54, 1.807) is 13.3 Å². The molecule has 2 heterocycles.